The van der Waals surface area contributed by atoms with Gasteiger partial charge in [0.1, 0.15) is 23.2 Å². The van der Waals surface area contributed by atoms with Crippen molar-refractivity contribution in [1.29, 1.82) is 0 Å². The molecule has 1 fully saturated rings. The van der Waals surface area contributed by atoms with Gasteiger partial charge in [0.2, 0.25) is 0 Å². The number of rotatable bonds is 5. The summed E-state index contributed by atoms with van der Waals surface area (Å²) in [6.45, 7) is 3.80. The van der Waals surface area contributed by atoms with E-state index in [0.717, 1.165) is 25.7 Å². The number of hydrogen-bond acceptors (Lipinski definition) is 7. The third kappa shape index (κ3) is 4.27. The van der Waals surface area contributed by atoms with Crippen molar-refractivity contribution in [2.24, 2.45) is 11.7 Å². The van der Waals surface area contributed by atoms with E-state index in [1.165, 1.54) is 0 Å². The van der Waals surface area contributed by atoms with Crippen LogP contribution in [-0.4, -0.2) is 52.3 Å². The van der Waals surface area contributed by atoms with Crippen LogP contribution in [0.2, 0.25) is 0 Å². The van der Waals surface area contributed by atoms with Gasteiger partial charge in [-0.15, -0.1) is 0 Å². The molecule has 0 aliphatic heterocycles. The van der Waals surface area contributed by atoms with Crippen LogP contribution >= 0.6 is 0 Å². The number of aromatic nitrogens is 2. The Bertz CT molecular complexity index is 811. The second-order valence-electron chi connectivity index (χ2n) is 7.52. The van der Waals surface area contributed by atoms with E-state index in [-0.39, 0.29) is 29.9 Å². The maximum absolute atomic E-state index is 12.8. The third-order valence-corrected chi connectivity index (χ3v) is 5.29. The molecule has 1 atom stereocenters. The van der Waals surface area contributed by atoms with Gasteiger partial charge in [-0.05, 0) is 60.1 Å². The highest BCUT2D eigenvalue weighted by Crippen LogP contribution is 2.26. The van der Waals surface area contributed by atoms with Crippen molar-refractivity contribution in [3.8, 4) is 0 Å². The Labute approximate surface area is 158 Å². The number of fused-ring (bicyclic) bond motifs is 1. The zero-order valence-corrected chi connectivity index (χ0v) is 15.9. The molecular weight excluding hydrogens is 348 g/mol. The largest absolute Gasteiger partial charge is 0.461 e. The average molecular weight is 374 g/mol. The first-order valence-electron chi connectivity index (χ1n) is 9.32. The summed E-state index contributed by atoms with van der Waals surface area (Å²) in [5, 5.41) is 7.53. The number of nitrogens with two attached hydrogens (primary N) is 1. The Hall–Kier alpha value is -2.48. The summed E-state index contributed by atoms with van der Waals surface area (Å²) in [7, 11) is 1.80. The summed E-state index contributed by atoms with van der Waals surface area (Å²) in [6, 6.07) is 4.66. The summed E-state index contributed by atoms with van der Waals surface area (Å²) >= 11 is 0. The number of ether oxygens (including phenoxy) is 1. The first kappa shape index (κ1) is 19.3. The van der Waals surface area contributed by atoms with E-state index < -0.39 is 6.04 Å². The molecule has 0 bridgehead atoms. The number of amides is 1. The lowest BCUT2D eigenvalue weighted by molar-refractivity contribution is -0.153. The van der Waals surface area contributed by atoms with Crippen LogP contribution in [0.4, 0.5) is 0 Å². The van der Waals surface area contributed by atoms with Gasteiger partial charge in [0.05, 0.1) is 0 Å². The fourth-order valence-corrected chi connectivity index (χ4v) is 3.35. The predicted molar refractivity (Wildman–Crippen MR) is 98.8 cm³/mol. The molecule has 0 radical (unpaired) electrons. The number of nitrogens with zero attached hydrogens (tertiary/aromatic N) is 3. The lowest BCUT2D eigenvalue weighted by atomic mass is 9.91. The highest BCUT2D eigenvalue weighted by atomic mass is 16.6. The van der Waals surface area contributed by atoms with Gasteiger partial charge >= 0.3 is 5.97 Å². The Balaban J connectivity index is 1.55. The van der Waals surface area contributed by atoms with Gasteiger partial charge in [-0.1, -0.05) is 13.8 Å². The van der Waals surface area contributed by atoms with Crippen molar-refractivity contribution in [1.82, 2.24) is 15.2 Å². The van der Waals surface area contributed by atoms with Gasteiger partial charge in [-0.3, -0.25) is 9.59 Å². The molecule has 0 unspecified atom stereocenters. The number of hydrogen-bond donors (Lipinski definition) is 1. The van der Waals surface area contributed by atoms with E-state index >= 15 is 0 Å². The molecule has 1 aliphatic carbocycles. The SMILES string of the molecule is CC(C)[C@H](N)C(=O)O[C@H]1CC[C@H](N(C)C(=O)c2ccc3nonc3c2)CC1. The van der Waals surface area contributed by atoms with Crippen LogP contribution in [0, 0.1) is 5.92 Å². The van der Waals surface area contributed by atoms with Gasteiger partial charge in [-0.2, -0.15) is 0 Å². The molecule has 1 saturated carbocycles. The van der Waals surface area contributed by atoms with Crippen molar-refractivity contribution in [3.05, 3.63) is 23.8 Å². The van der Waals surface area contributed by atoms with Crippen LogP contribution in [0.1, 0.15) is 49.9 Å². The topological polar surface area (TPSA) is 112 Å². The normalized spacial score (nSPS) is 21.2. The molecule has 27 heavy (non-hydrogen) atoms. The minimum Gasteiger partial charge on any atom is -0.461 e. The van der Waals surface area contributed by atoms with Crippen molar-refractivity contribution in [2.75, 3.05) is 7.05 Å². The van der Waals surface area contributed by atoms with Crippen LogP contribution in [0.5, 0.6) is 0 Å². The fourth-order valence-electron chi connectivity index (χ4n) is 3.35. The molecule has 2 N–H and O–H groups in total. The maximum Gasteiger partial charge on any atom is 0.323 e. The molecule has 1 heterocycles. The van der Waals surface area contributed by atoms with Gasteiger partial charge in [-0.25, -0.2) is 4.63 Å². The van der Waals surface area contributed by atoms with Crippen molar-refractivity contribution in [2.45, 2.75) is 57.7 Å². The summed E-state index contributed by atoms with van der Waals surface area (Å²) in [5.41, 5.74) is 7.58. The number of esters is 1. The van der Waals surface area contributed by atoms with E-state index in [4.69, 9.17) is 10.5 Å². The van der Waals surface area contributed by atoms with Gasteiger partial charge in [0.25, 0.3) is 5.91 Å². The van der Waals surface area contributed by atoms with Crippen LogP contribution in [-0.2, 0) is 9.53 Å². The van der Waals surface area contributed by atoms with Crippen molar-refractivity contribution >= 4 is 22.9 Å². The summed E-state index contributed by atoms with van der Waals surface area (Å²) < 4.78 is 10.2. The zero-order chi connectivity index (χ0) is 19.6. The summed E-state index contributed by atoms with van der Waals surface area (Å²) in [4.78, 5) is 26.6. The number of carbonyl (C=O) groups excluding carboxylic acids is 2. The molecule has 2 aromatic rings. The Morgan fingerprint density at radius 2 is 1.85 bits per heavy atom. The molecule has 3 rings (SSSR count). The molecule has 0 saturated heterocycles. The average Bonchev–Trinajstić information content (AvgIpc) is 3.14. The number of carbonyl (C=O) groups is 2. The first-order chi connectivity index (χ1) is 12.9. The van der Waals surface area contributed by atoms with Gasteiger partial charge in [0, 0.05) is 18.7 Å². The molecular formula is C19H26N4O4. The fraction of sp³-hybridized carbons (Fsp3) is 0.579. The third-order valence-electron chi connectivity index (χ3n) is 5.29. The second kappa shape index (κ2) is 8.04. The molecule has 0 spiro atoms. The Morgan fingerprint density at radius 1 is 1.19 bits per heavy atom. The molecule has 146 valence electrons. The summed E-state index contributed by atoms with van der Waals surface area (Å²) in [5.74, 6) is -0.357. The molecule has 8 nitrogen and oxygen atoms in total. The smallest absolute Gasteiger partial charge is 0.323 e. The number of benzene rings is 1. The Kier molecular flexibility index (Phi) is 5.74. The molecule has 1 aromatic heterocycles. The molecule has 1 aromatic carbocycles. The van der Waals surface area contributed by atoms with Crippen LogP contribution in [0.25, 0.3) is 11.0 Å². The van der Waals surface area contributed by atoms with Crippen LogP contribution < -0.4 is 5.73 Å². The lowest BCUT2D eigenvalue weighted by Gasteiger charge is -2.35. The van der Waals surface area contributed by atoms with Gasteiger partial charge < -0.3 is 15.4 Å². The standard InChI is InChI=1S/C19H26N4O4/c1-11(2)17(20)19(25)26-14-7-5-13(6-8-14)23(3)18(24)12-4-9-15-16(10-12)22-27-21-15/h4,9-11,13-14,17H,5-8,20H2,1-3H3/t13-,14-,17-/m0/s1. The van der Waals surface area contributed by atoms with E-state index in [1.807, 2.05) is 13.8 Å². The minimum atomic E-state index is -0.590. The maximum atomic E-state index is 12.8. The van der Waals surface area contributed by atoms with E-state index in [9.17, 15) is 9.59 Å². The molecule has 1 amide bonds. The molecule has 1 aliphatic rings. The predicted octanol–water partition coefficient (Wildman–Crippen LogP) is 2.13. The second-order valence-corrected chi connectivity index (χ2v) is 7.52. The van der Waals surface area contributed by atoms with E-state index in [2.05, 4.69) is 14.9 Å². The summed E-state index contributed by atoms with van der Waals surface area (Å²) in [6.07, 6.45) is 2.89. The van der Waals surface area contributed by atoms with Crippen LogP contribution in [0.3, 0.4) is 0 Å². The zero-order valence-electron chi connectivity index (χ0n) is 15.9. The van der Waals surface area contributed by atoms with Crippen molar-refractivity contribution in [3.63, 3.8) is 0 Å². The highest BCUT2D eigenvalue weighted by Gasteiger charge is 2.30. The highest BCUT2D eigenvalue weighted by molar-refractivity contribution is 5.97. The Morgan fingerprint density at radius 3 is 2.52 bits per heavy atom. The quantitative estimate of drug-likeness (QED) is 0.798. The van der Waals surface area contributed by atoms with Gasteiger partial charge in [0.15, 0.2) is 0 Å². The van der Waals surface area contributed by atoms with E-state index in [1.54, 1.807) is 30.1 Å². The molecule has 8 heteroatoms. The first-order valence-corrected chi connectivity index (χ1v) is 9.32. The van der Waals surface area contributed by atoms with Crippen molar-refractivity contribution < 1.29 is 19.0 Å². The van der Waals surface area contributed by atoms with Crippen LogP contribution in [0.15, 0.2) is 22.8 Å². The lowest BCUT2D eigenvalue weighted by Crippen LogP contribution is -2.43. The van der Waals surface area contributed by atoms with E-state index in [0.29, 0.717) is 16.6 Å². The monoisotopic (exact) mass is 374 g/mol. The minimum absolute atomic E-state index is 0.0508.